The minimum absolute atomic E-state index is 0. The van der Waals surface area contributed by atoms with E-state index in [9.17, 15) is 0 Å². The Kier molecular flexibility index (Phi) is 9.31. The molecule has 0 bridgehead atoms. The molecule has 1 saturated heterocycles. The van der Waals surface area contributed by atoms with Crippen LogP contribution in [0.4, 0.5) is 0 Å². The topological polar surface area (TPSA) is 43.0 Å². The molecule has 0 spiro atoms. The molecule has 110 valence electrons. The van der Waals surface area contributed by atoms with E-state index in [4.69, 9.17) is 13.3 Å². The van der Waals surface area contributed by atoms with Crippen molar-refractivity contribution in [2.45, 2.75) is 33.7 Å². The van der Waals surface area contributed by atoms with Gasteiger partial charge in [0.1, 0.15) is 0 Å². The standard InChI is InChI=1S/C11H26N2O3Si.H4Si/c1-5-14-17(15-6-2,16-7-3)13-9-8-12-10-11(13)4;/h11-12H,5-10H2,1-4H3;1H4. The van der Waals surface area contributed by atoms with Crippen LogP contribution >= 0.6 is 0 Å². The maximum Gasteiger partial charge on any atom is 0.599 e. The number of hydrogen-bond acceptors (Lipinski definition) is 5. The van der Waals surface area contributed by atoms with Crippen molar-refractivity contribution in [1.29, 1.82) is 0 Å². The first-order chi connectivity index (χ1) is 8.20. The molecule has 0 aromatic heterocycles. The molecule has 1 aliphatic rings. The minimum Gasteiger partial charge on any atom is -0.361 e. The first-order valence-electron chi connectivity index (χ1n) is 6.59. The van der Waals surface area contributed by atoms with Crippen LogP contribution in [-0.4, -0.2) is 70.0 Å². The monoisotopic (exact) mass is 294 g/mol. The molecule has 18 heavy (non-hydrogen) atoms. The van der Waals surface area contributed by atoms with Crippen LogP contribution in [0.5, 0.6) is 0 Å². The SMILES string of the molecule is CCO[Si](OCC)(OCC)N1CCNCC1C.[SiH4]. The van der Waals surface area contributed by atoms with Crippen molar-refractivity contribution < 1.29 is 13.3 Å². The molecule has 0 aliphatic carbocycles. The second-order valence-corrected chi connectivity index (χ2v) is 6.56. The lowest BCUT2D eigenvalue weighted by molar-refractivity contribution is 0.00167. The fourth-order valence-corrected chi connectivity index (χ4v) is 5.03. The molecule has 0 radical (unpaired) electrons. The second kappa shape index (κ2) is 9.19. The minimum atomic E-state index is -2.66. The van der Waals surface area contributed by atoms with Crippen molar-refractivity contribution in [3.05, 3.63) is 0 Å². The highest BCUT2D eigenvalue weighted by molar-refractivity contribution is 6.57. The average Bonchev–Trinajstić information content (AvgIpc) is 2.30. The van der Waals surface area contributed by atoms with Crippen LogP contribution in [0.25, 0.3) is 0 Å². The van der Waals surface area contributed by atoms with Crippen molar-refractivity contribution >= 4 is 19.9 Å². The number of nitrogens with one attached hydrogen (secondary N) is 1. The molecule has 1 N–H and O–H groups in total. The van der Waals surface area contributed by atoms with E-state index < -0.39 is 8.97 Å². The molecule has 0 aromatic carbocycles. The molecule has 1 aliphatic heterocycles. The van der Waals surface area contributed by atoms with Crippen LogP contribution in [0.3, 0.4) is 0 Å². The third-order valence-corrected chi connectivity index (χ3v) is 6.16. The van der Waals surface area contributed by atoms with E-state index in [1.54, 1.807) is 0 Å². The Bertz CT molecular complexity index is 205. The fraction of sp³-hybridized carbons (Fsp3) is 1.00. The Morgan fingerprint density at radius 2 is 1.61 bits per heavy atom. The molecule has 1 rings (SSSR count). The molecule has 0 saturated carbocycles. The van der Waals surface area contributed by atoms with E-state index in [2.05, 4.69) is 16.8 Å². The van der Waals surface area contributed by atoms with E-state index in [1.165, 1.54) is 0 Å². The zero-order valence-electron chi connectivity index (χ0n) is 11.5. The summed E-state index contributed by atoms with van der Waals surface area (Å²) in [6.07, 6.45) is 0. The number of hydrogen-bond donors (Lipinski definition) is 1. The Balaban J connectivity index is 0.00000289. The number of rotatable bonds is 7. The Morgan fingerprint density at radius 1 is 1.11 bits per heavy atom. The lowest BCUT2D eigenvalue weighted by Gasteiger charge is -2.43. The third-order valence-electron chi connectivity index (χ3n) is 2.83. The summed E-state index contributed by atoms with van der Waals surface area (Å²) < 4.78 is 20.0. The van der Waals surface area contributed by atoms with Gasteiger partial charge in [-0.3, -0.25) is 4.57 Å². The Labute approximate surface area is 117 Å². The van der Waals surface area contributed by atoms with E-state index in [0.29, 0.717) is 25.9 Å². The largest absolute Gasteiger partial charge is 0.599 e. The van der Waals surface area contributed by atoms with Gasteiger partial charge in [-0.05, 0) is 38.7 Å². The van der Waals surface area contributed by atoms with Gasteiger partial charge in [-0.15, -0.1) is 0 Å². The molecule has 0 amide bonds. The second-order valence-electron chi connectivity index (χ2n) is 4.07. The van der Waals surface area contributed by atoms with Gasteiger partial charge in [-0.25, -0.2) is 0 Å². The number of piperazine rings is 1. The molecular formula is C11H30N2O3Si2. The summed E-state index contributed by atoms with van der Waals surface area (Å²) in [7, 11) is -2.66. The summed E-state index contributed by atoms with van der Waals surface area (Å²) in [5, 5.41) is 3.38. The van der Waals surface area contributed by atoms with Gasteiger partial charge >= 0.3 is 8.97 Å². The van der Waals surface area contributed by atoms with Gasteiger partial charge < -0.3 is 18.6 Å². The zero-order chi connectivity index (χ0) is 12.7. The molecule has 1 unspecified atom stereocenters. The predicted molar refractivity (Wildman–Crippen MR) is 81.0 cm³/mol. The van der Waals surface area contributed by atoms with Crippen molar-refractivity contribution in [2.24, 2.45) is 0 Å². The lowest BCUT2D eigenvalue weighted by atomic mass is 10.3. The highest BCUT2D eigenvalue weighted by Gasteiger charge is 2.51. The van der Waals surface area contributed by atoms with Gasteiger partial charge in [0.15, 0.2) is 0 Å². The summed E-state index contributed by atoms with van der Waals surface area (Å²) in [6.45, 7) is 12.9. The maximum atomic E-state index is 5.91. The third kappa shape index (κ3) is 4.41. The smallest absolute Gasteiger partial charge is 0.361 e. The summed E-state index contributed by atoms with van der Waals surface area (Å²) in [5.74, 6) is 0. The first kappa shape index (κ1) is 18.2. The summed E-state index contributed by atoms with van der Waals surface area (Å²) in [6, 6.07) is 0.389. The van der Waals surface area contributed by atoms with Crippen molar-refractivity contribution in [2.75, 3.05) is 39.5 Å². The van der Waals surface area contributed by atoms with Crippen LogP contribution in [0.2, 0.25) is 0 Å². The van der Waals surface area contributed by atoms with E-state index in [-0.39, 0.29) is 11.0 Å². The van der Waals surface area contributed by atoms with Crippen molar-refractivity contribution in [3.8, 4) is 0 Å². The molecule has 1 fully saturated rings. The normalized spacial score (nSPS) is 21.7. The predicted octanol–water partition coefficient (Wildman–Crippen LogP) is -0.626. The van der Waals surface area contributed by atoms with Gasteiger partial charge in [0, 0.05) is 45.5 Å². The average molecular weight is 295 g/mol. The summed E-state index contributed by atoms with van der Waals surface area (Å²) >= 11 is 0. The molecule has 0 aromatic rings. The van der Waals surface area contributed by atoms with Gasteiger partial charge in [0.25, 0.3) is 0 Å². The van der Waals surface area contributed by atoms with Crippen LogP contribution in [-0.2, 0) is 13.3 Å². The zero-order valence-corrected chi connectivity index (χ0v) is 12.5. The maximum absolute atomic E-state index is 5.91. The van der Waals surface area contributed by atoms with Crippen LogP contribution in [0.1, 0.15) is 27.7 Å². The molecule has 5 nitrogen and oxygen atoms in total. The van der Waals surface area contributed by atoms with Crippen molar-refractivity contribution in [1.82, 2.24) is 9.88 Å². The first-order valence-corrected chi connectivity index (χ1v) is 8.26. The van der Waals surface area contributed by atoms with Crippen LogP contribution < -0.4 is 5.32 Å². The quantitative estimate of drug-likeness (QED) is 0.634. The Morgan fingerprint density at radius 3 is 2.00 bits per heavy atom. The Hall–Kier alpha value is 0.234. The molecule has 1 heterocycles. The molecule has 1 atom stereocenters. The van der Waals surface area contributed by atoms with E-state index in [0.717, 1.165) is 19.6 Å². The van der Waals surface area contributed by atoms with Gasteiger partial charge in [-0.2, -0.15) is 0 Å². The van der Waals surface area contributed by atoms with Gasteiger partial charge in [-0.1, -0.05) is 0 Å². The molecular weight excluding hydrogens is 264 g/mol. The van der Waals surface area contributed by atoms with E-state index in [1.807, 2.05) is 20.8 Å². The summed E-state index contributed by atoms with van der Waals surface area (Å²) in [5.41, 5.74) is 0. The van der Waals surface area contributed by atoms with Crippen LogP contribution in [0, 0.1) is 0 Å². The highest BCUT2D eigenvalue weighted by atomic mass is 28.4. The van der Waals surface area contributed by atoms with Gasteiger partial charge in [0.2, 0.25) is 0 Å². The van der Waals surface area contributed by atoms with E-state index >= 15 is 0 Å². The molecule has 7 heteroatoms. The van der Waals surface area contributed by atoms with Gasteiger partial charge in [0.05, 0.1) is 0 Å². The number of nitrogens with zero attached hydrogens (tertiary/aromatic N) is 1. The van der Waals surface area contributed by atoms with Crippen molar-refractivity contribution in [3.63, 3.8) is 0 Å². The fourth-order valence-electron chi connectivity index (χ4n) is 2.17. The summed E-state index contributed by atoms with van der Waals surface area (Å²) in [4.78, 5) is 0. The lowest BCUT2D eigenvalue weighted by Crippen LogP contribution is -2.68. The highest BCUT2D eigenvalue weighted by Crippen LogP contribution is 2.20. The van der Waals surface area contributed by atoms with Crippen LogP contribution in [0.15, 0.2) is 0 Å².